The molecule has 2 rings (SSSR count). The van der Waals surface area contributed by atoms with E-state index in [0.717, 1.165) is 38.6 Å². The number of methoxy groups -OCH3 is 1. The van der Waals surface area contributed by atoms with E-state index in [1.165, 1.54) is 12.1 Å². The molecule has 1 aliphatic rings. The maximum absolute atomic E-state index is 14.2. The number of aliphatic carboxylic acids is 1. The van der Waals surface area contributed by atoms with Crippen molar-refractivity contribution in [1.29, 1.82) is 0 Å². The van der Waals surface area contributed by atoms with Gasteiger partial charge in [-0.05, 0) is 30.9 Å². The summed E-state index contributed by atoms with van der Waals surface area (Å²) in [6.45, 7) is 2.24. The molecule has 0 radical (unpaired) electrons. The number of halogens is 1. The number of anilines is 1. The summed E-state index contributed by atoms with van der Waals surface area (Å²) in [5.74, 6) is -0.840. The zero-order chi connectivity index (χ0) is 15.2. The van der Waals surface area contributed by atoms with Crippen molar-refractivity contribution >= 4 is 17.7 Å². The van der Waals surface area contributed by atoms with Crippen molar-refractivity contribution in [2.24, 2.45) is 5.92 Å². The smallest absolute Gasteiger partial charge is 0.328 e. The fourth-order valence-electron chi connectivity index (χ4n) is 2.72. The molecule has 0 atom stereocenters. The first kappa shape index (κ1) is 15.5. The van der Waals surface area contributed by atoms with Crippen molar-refractivity contribution in [3.8, 4) is 0 Å². The third kappa shape index (κ3) is 4.04. The van der Waals surface area contributed by atoms with Gasteiger partial charge in [-0.15, -0.1) is 0 Å². The molecule has 4 nitrogen and oxygen atoms in total. The highest BCUT2D eigenvalue weighted by molar-refractivity contribution is 5.87. The van der Waals surface area contributed by atoms with E-state index in [4.69, 9.17) is 9.84 Å². The molecule has 1 aromatic rings. The van der Waals surface area contributed by atoms with Crippen molar-refractivity contribution in [1.82, 2.24) is 0 Å². The van der Waals surface area contributed by atoms with Crippen LogP contribution < -0.4 is 4.90 Å². The van der Waals surface area contributed by atoms with E-state index in [-0.39, 0.29) is 5.82 Å². The number of ether oxygens (including phenoxy) is 1. The fraction of sp³-hybridized carbons (Fsp3) is 0.438. The predicted molar refractivity (Wildman–Crippen MR) is 79.9 cm³/mol. The molecule has 1 saturated heterocycles. The summed E-state index contributed by atoms with van der Waals surface area (Å²) in [4.78, 5) is 12.6. The van der Waals surface area contributed by atoms with Gasteiger partial charge in [-0.25, -0.2) is 9.18 Å². The zero-order valence-electron chi connectivity index (χ0n) is 12.1. The zero-order valence-corrected chi connectivity index (χ0v) is 12.1. The van der Waals surface area contributed by atoms with Gasteiger partial charge in [-0.3, -0.25) is 0 Å². The fourth-order valence-corrected chi connectivity index (χ4v) is 2.72. The Morgan fingerprint density at radius 1 is 1.48 bits per heavy atom. The summed E-state index contributed by atoms with van der Waals surface area (Å²) in [5.41, 5.74) is 1.09. The first-order chi connectivity index (χ1) is 10.1. The highest BCUT2D eigenvalue weighted by atomic mass is 19.1. The highest BCUT2D eigenvalue weighted by Gasteiger charge is 2.22. The average Bonchev–Trinajstić information content (AvgIpc) is 2.46. The predicted octanol–water partition coefficient (Wildman–Crippen LogP) is 2.79. The number of carbonyl (C=O) groups is 1. The number of benzene rings is 1. The second-order valence-corrected chi connectivity index (χ2v) is 5.24. The summed E-state index contributed by atoms with van der Waals surface area (Å²) in [5, 5.41) is 8.73. The van der Waals surface area contributed by atoms with Crippen LogP contribution in [0.5, 0.6) is 0 Å². The molecule has 1 N–H and O–H groups in total. The number of hydrogen-bond donors (Lipinski definition) is 1. The molecule has 0 aliphatic carbocycles. The Hall–Kier alpha value is -1.88. The Morgan fingerprint density at radius 2 is 2.19 bits per heavy atom. The number of hydrogen-bond acceptors (Lipinski definition) is 3. The monoisotopic (exact) mass is 293 g/mol. The van der Waals surface area contributed by atoms with Gasteiger partial charge in [0.1, 0.15) is 5.82 Å². The van der Waals surface area contributed by atoms with Gasteiger partial charge in [0, 0.05) is 38.4 Å². The lowest BCUT2D eigenvalue weighted by Gasteiger charge is -2.34. The lowest BCUT2D eigenvalue weighted by Crippen LogP contribution is -2.36. The quantitative estimate of drug-likeness (QED) is 0.848. The van der Waals surface area contributed by atoms with Crippen LogP contribution in [0, 0.1) is 11.7 Å². The van der Waals surface area contributed by atoms with Crippen LogP contribution in [0.25, 0.3) is 6.08 Å². The number of nitrogens with zero attached hydrogens (tertiary/aromatic N) is 1. The average molecular weight is 293 g/mol. The Bertz CT molecular complexity index is 522. The molecular formula is C16H20FNO3. The number of rotatable bonds is 5. The topological polar surface area (TPSA) is 49.8 Å². The summed E-state index contributed by atoms with van der Waals surface area (Å²) in [6.07, 6.45) is 4.38. The Balaban J connectivity index is 2.17. The lowest BCUT2D eigenvalue weighted by molar-refractivity contribution is -0.131. The molecule has 1 aliphatic heterocycles. The molecule has 1 fully saturated rings. The minimum Gasteiger partial charge on any atom is -0.478 e. The van der Waals surface area contributed by atoms with E-state index in [0.29, 0.717) is 17.2 Å². The summed E-state index contributed by atoms with van der Waals surface area (Å²) in [6, 6.07) is 4.74. The molecule has 0 amide bonds. The van der Waals surface area contributed by atoms with Crippen LogP contribution >= 0.6 is 0 Å². The van der Waals surface area contributed by atoms with Crippen molar-refractivity contribution < 1.29 is 19.0 Å². The van der Waals surface area contributed by atoms with E-state index in [1.54, 1.807) is 19.2 Å². The van der Waals surface area contributed by atoms with Crippen LogP contribution in [-0.2, 0) is 9.53 Å². The molecule has 5 heteroatoms. The van der Waals surface area contributed by atoms with E-state index in [1.807, 2.05) is 4.90 Å². The maximum Gasteiger partial charge on any atom is 0.328 e. The SMILES string of the molecule is COCC1CCN(c2c(F)cccc2/C=C/C(=O)O)CC1. The summed E-state index contributed by atoms with van der Waals surface area (Å²) in [7, 11) is 1.69. The summed E-state index contributed by atoms with van der Waals surface area (Å²) < 4.78 is 19.3. The van der Waals surface area contributed by atoms with Crippen LogP contribution in [-0.4, -0.2) is 37.9 Å². The van der Waals surface area contributed by atoms with Crippen molar-refractivity contribution in [3.63, 3.8) is 0 Å². The van der Waals surface area contributed by atoms with E-state index < -0.39 is 5.97 Å². The number of para-hydroxylation sites is 1. The summed E-state index contributed by atoms with van der Waals surface area (Å²) >= 11 is 0. The van der Waals surface area contributed by atoms with Crippen molar-refractivity contribution in [2.75, 3.05) is 31.7 Å². The van der Waals surface area contributed by atoms with Gasteiger partial charge in [-0.2, -0.15) is 0 Å². The number of carboxylic acids is 1. The van der Waals surface area contributed by atoms with Gasteiger partial charge in [-0.1, -0.05) is 12.1 Å². The Kier molecular flexibility index (Phi) is 5.33. The first-order valence-corrected chi connectivity index (χ1v) is 7.05. The maximum atomic E-state index is 14.2. The van der Waals surface area contributed by atoms with E-state index in [2.05, 4.69) is 0 Å². The van der Waals surface area contributed by atoms with Crippen LogP contribution in [0.4, 0.5) is 10.1 Å². The van der Waals surface area contributed by atoms with Crippen molar-refractivity contribution in [2.45, 2.75) is 12.8 Å². The van der Waals surface area contributed by atoms with Gasteiger partial charge in [0.25, 0.3) is 0 Å². The molecule has 0 bridgehead atoms. The van der Waals surface area contributed by atoms with Crippen LogP contribution in [0.3, 0.4) is 0 Å². The minimum absolute atomic E-state index is 0.312. The van der Waals surface area contributed by atoms with Crippen LogP contribution in [0.15, 0.2) is 24.3 Å². The Morgan fingerprint density at radius 3 is 2.81 bits per heavy atom. The largest absolute Gasteiger partial charge is 0.478 e. The van der Waals surface area contributed by atoms with Crippen molar-refractivity contribution in [3.05, 3.63) is 35.7 Å². The van der Waals surface area contributed by atoms with Gasteiger partial charge >= 0.3 is 5.97 Å². The van der Waals surface area contributed by atoms with E-state index in [9.17, 15) is 9.18 Å². The second-order valence-electron chi connectivity index (χ2n) is 5.24. The highest BCUT2D eigenvalue weighted by Crippen LogP contribution is 2.30. The van der Waals surface area contributed by atoms with Gasteiger partial charge < -0.3 is 14.7 Å². The third-order valence-corrected chi connectivity index (χ3v) is 3.76. The van der Waals surface area contributed by atoms with Gasteiger partial charge in [0.15, 0.2) is 0 Å². The number of carboxylic acid groups (broad SMARTS) is 1. The number of piperidine rings is 1. The first-order valence-electron chi connectivity index (χ1n) is 7.05. The second kappa shape index (κ2) is 7.22. The van der Waals surface area contributed by atoms with E-state index >= 15 is 0 Å². The van der Waals surface area contributed by atoms with Crippen LogP contribution in [0.1, 0.15) is 18.4 Å². The third-order valence-electron chi connectivity index (χ3n) is 3.76. The molecule has 1 aromatic carbocycles. The molecule has 0 saturated carbocycles. The standard InChI is InChI=1S/C16H20FNO3/c1-21-11-12-7-9-18(10-8-12)16-13(5-6-15(19)20)3-2-4-14(16)17/h2-6,12H,7-11H2,1H3,(H,19,20)/b6-5+. The molecule has 0 aromatic heterocycles. The minimum atomic E-state index is -1.04. The van der Waals surface area contributed by atoms with Crippen LogP contribution in [0.2, 0.25) is 0 Å². The molecule has 21 heavy (non-hydrogen) atoms. The normalized spacial score (nSPS) is 16.6. The van der Waals surface area contributed by atoms with Gasteiger partial charge in [0.05, 0.1) is 5.69 Å². The Labute approximate surface area is 123 Å². The molecule has 114 valence electrons. The van der Waals surface area contributed by atoms with Gasteiger partial charge in [0.2, 0.25) is 0 Å². The lowest BCUT2D eigenvalue weighted by atomic mass is 9.96. The molecular weight excluding hydrogens is 273 g/mol. The molecule has 0 spiro atoms. The molecule has 1 heterocycles. The molecule has 0 unspecified atom stereocenters.